The number of hydrogen-bond donors (Lipinski definition) is 2. The Hall–Kier alpha value is -3.42. The molecule has 0 unspecified atom stereocenters. The predicted molar refractivity (Wildman–Crippen MR) is 85.0 cm³/mol. The first kappa shape index (κ1) is 15.5. The van der Waals surface area contributed by atoms with Crippen LogP contribution in [0.5, 0.6) is 0 Å². The zero-order valence-corrected chi connectivity index (χ0v) is 12.5. The van der Waals surface area contributed by atoms with Crippen LogP contribution in [0.4, 0.5) is 10.1 Å². The van der Waals surface area contributed by atoms with Crippen molar-refractivity contribution in [3.05, 3.63) is 66.1 Å². The largest absolute Gasteiger partial charge is 0.397 e. The number of aromatic nitrogens is 4. The van der Waals surface area contributed by atoms with Gasteiger partial charge in [0.2, 0.25) is 0 Å². The standard InChI is InChI=1S/C16H13FN6O/c17-10-7-12(18)14(21-8-10)16(24)22-9-11-4-6-20-15(23-11)13-3-1-2-5-19-13/h1-8H,9,18H2,(H,22,24). The van der Waals surface area contributed by atoms with Gasteiger partial charge in [-0.1, -0.05) is 6.07 Å². The number of amides is 1. The van der Waals surface area contributed by atoms with Gasteiger partial charge in [0.05, 0.1) is 24.1 Å². The SMILES string of the molecule is Nc1cc(F)cnc1C(=O)NCc1ccnc(-c2ccccn2)n1. The number of nitrogens with zero attached hydrogens (tertiary/aromatic N) is 4. The van der Waals surface area contributed by atoms with Crippen molar-refractivity contribution in [3.63, 3.8) is 0 Å². The second-order valence-corrected chi connectivity index (χ2v) is 4.86. The molecule has 0 bridgehead atoms. The second-order valence-electron chi connectivity index (χ2n) is 4.86. The normalized spacial score (nSPS) is 10.4. The Morgan fingerprint density at radius 3 is 2.79 bits per heavy atom. The van der Waals surface area contributed by atoms with Gasteiger partial charge in [-0.15, -0.1) is 0 Å². The van der Waals surface area contributed by atoms with Crippen LogP contribution in [0.15, 0.2) is 48.9 Å². The molecule has 3 aromatic rings. The molecule has 8 heteroatoms. The molecular formula is C16H13FN6O. The van der Waals surface area contributed by atoms with E-state index in [2.05, 4.69) is 25.3 Å². The van der Waals surface area contributed by atoms with Crippen LogP contribution in [0.2, 0.25) is 0 Å². The maximum atomic E-state index is 13.0. The topological polar surface area (TPSA) is 107 Å². The minimum absolute atomic E-state index is 0.0237. The lowest BCUT2D eigenvalue weighted by molar-refractivity contribution is 0.0946. The van der Waals surface area contributed by atoms with Gasteiger partial charge in [0.1, 0.15) is 11.5 Å². The van der Waals surface area contributed by atoms with Crippen molar-refractivity contribution in [3.8, 4) is 11.5 Å². The third-order valence-corrected chi connectivity index (χ3v) is 3.14. The average Bonchev–Trinajstić information content (AvgIpc) is 2.61. The highest BCUT2D eigenvalue weighted by atomic mass is 19.1. The van der Waals surface area contributed by atoms with Gasteiger partial charge in [-0.3, -0.25) is 9.78 Å². The fraction of sp³-hybridized carbons (Fsp3) is 0.0625. The molecule has 24 heavy (non-hydrogen) atoms. The molecule has 0 aliphatic rings. The van der Waals surface area contributed by atoms with Crippen molar-refractivity contribution >= 4 is 11.6 Å². The summed E-state index contributed by atoms with van der Waals surface area (Å²) >= 11 is 0. The van der Waals surface area contributed by atoms with Gasteiger partial charge in [0.25, 0.3) is 5.91 Å². The fourth-order valence-electron chi connectivity index (χ4n) is 2.01. The Morgan fingerprint density at radius 1 is 1.17 bits per heavy atom. The zero-order chi connectivity index (χ0) is 16.9. The number of anilines is 1. The number of nitrogen functional groups attached to an aromatic ring is 1. The Morgan fingerprint density at radius 2 is 2.04 bits per heavy atom. The van der Waals surface area contributed by atoms with Crippen LogP contribution >= 0.6 is 0 Å². The summed E-state index contributed by atoms with van der Waals surface area (Å²) in [6.45, 7) is 0.152. The molecule has 120 valence electrons. The van der Waals surface area contributed by atoms with Crippen LogP contribution in [-0.4, -0.2) is 25.8 Å². The van der Waals surface area contributed by atoms with E-state index < -0.39 is 11.7 Å². The molecule has 7 nitrogen and oxygen atoms in total. The molecular weight excluding hydrogens is 311 g/mol. The molecule has 3 rings (SSSR count). The van der Waals surface area contributed by atoms with E-state index >= 15 is 0 Å². The van der Waals surface area contributed by atoms with E-state index in [-0.39, 0.29) is 17.9 Å². The lowest BCUT2D eigenvalue weighted by atomic mass is 10.2. The van der Waals surface area contributed by atoms with E-state index in [9.17, 15) is 9.18 Å². The van der Waals surface area contributed by atoms with Gasteiger partial charge in [0.15, 0.2) is 11.5 Å². The van der Waals surface area contributed by atoms with Crippen molar-refractivity contribution in [2.24, 2.45) is 0 Å². The van der Waals surface area contributed by atoms with Crippen molar-refractivity contribution in [1.29, 1.82) is 0 Å². The van der Waals surface area contributed by atoms with Crippen molar-refractivity contribution in [2.75, 3.05) is 5.73 Å². The number of pyridine rings is 2. The zero-order valence-electron chi connectivity index (χ0n) is 12.5. The molecule has 3 N–H and O–H groups in total. The Kier molecular flexibility index (Phi) is 4.37. The summed E-state index contributed by atoms with van der Waals surface area (Å²) in [6.07, 6.45) is 4.17. The van der Waals surface area contributed by atoms with Gasteiger partial charge in [-0.25, -0.2) is 19.3 Å². The van der Waals surface area contributed by atoms with E-state index in [1.807, 2.05) is 6.07 Å². The Balaban J connectivity index is 1.72. The summed E-state index contributed by atoms with van der Waals surface area (Å²) in [6, 6.07) is 8.15. The fourth-order valence-corrected chi connectivity index (χ4v) is 2.01. The summed E-state index contributed by atoms with van der Waals surface area (Å²) < 4.78 is 13.0. The number of carbonyl (C=O) groups excluding carboxylic acids is 1. The molecule has 0 aromatic carbocycles. The van der Waals surface area contributed by atoms with E-state index in [1.165, 1.54) is 0 Å². The van der Waals surface area contributed by atoms with Crippen LogP contribution in [0.3, 0.4) is 0 Å². The second kappa shape index (κ2) is 6.78. The monoisotopic (exact) mass is 324 g/mol. The molecule has 3 heterocycles. The quantitative estimate of drug-likeness (QED) is 0.754. The maximum absolute atomic E-state index is 13.0. The predicted octanol–water partition coefficient (Wildman–Crippen LogP) is 1.58. The first-order chi connectivity index (χ1) is 11.6. The summed E-state index contributed by atoms with van der Waals surface area (Å²) in [5.41, 5.74) is 6.77. The molecule has 0 radical (unpaired) electrons. The highest BCUT2D eigenvalue weighted by molar-refractivity contribution is 5.96. The van der Waals surface area contributed by atoms with Gasteiger partial charge in [0, 0.05) is 18.5 Å². The first-order valence-electron chi connectivity index (χ1n) is 7.06. The lowest BCUT2D eigenvalue weighted by Gasteiger charge is -2.07. The summed E-state index contributed by atoms with van der Waals surface area (Å²) in [5.74, 6) is -0.646. The minimum atomic E-state index is -0.597. The van der Waals surface area contributed by atoms with Gasteiger partial charge < -0.3 is 11.1 Å². The lowest BCUT2D eigenvalue weighted by Crippen LogP contribution is -2.25. The van der Waals surface area contributed by atoms with E-state index in [1.54, 1.807) is 30.6 Å². The number of halogens is 1. The minimum Gasteiger partial charge on any atom is -0.397 e. The van der Waals surface area contributed by atoms with Crippen LogP contribution in [0.25, 0.3) is 11.5 Å². The highest BCUT2D eigenvalue weighted by Crippen LogP contribution is 2.12. The van der Waals surface area contributed by atoms with E-state index in [4.69, 9.17) is 5.73 Å². The molecule has 0 spiro atoms. The molecule has 0 atom stereocenters. The summed E-state index contributed by atoms with van der Waals surface area (Å²) in [5, 5.41) is 2.64. The number of carbonyl (C=O) groups is 1. The smallest absolute Gasteiger partial charge is 0.272 e. The molecule has 0 saturated carbocycles. The molecule has 0 saturated heterocycles. The molecule has 0 fully saturated rings. The van der Waals surface area contributed by atoms with Gasteiger partial charge in [-0.2, -0.15) is 0 Å². The van der Waals surface area contributed by atoms with Crippen molar-refractivity contribution < 1.29 is 9.18 Å². The van der Waals surface area contributed by atoms with E-state index in [0.717, 1.165) is 12.3 Å². The molecule has 3 aromatic heterocycles. The summed E-state index contributed by atoms with van der Waals surface area (Å²) in [7, 11) is 0. The van der Waals surface area contributed by atoms with Gasteiger partial charge in [-0.05, 0) is 18.2 Å². The summed E-state index contributed by atoms with van der Waals surface area (Å²) in [4.78, 5) is 28.5. The van der Waals surface area contributed by atoms with Crippen molar-refractivity contribution in [2.45, 2.75) is 6.54 Å². The van der Waals surface area contributed by atoms with Crippen LogP contribution in [0.1, 0.15) is 16.2 Å². The Bertz CT molecular complexity index is 871. The number of rotatable bonds is 4. The molecule has 0 aliphatic heterocycles. The van der Waals surface area contributed by atoms with E-state index in [0.29, 0.717) is 17.2 Å². The third kappa shape index (κ3) is 3.49. The van der Waals surface area contributed by atoms with Crippen molar-refractivity contribution in [1.82, 2.24) is 25.3 Å². The molecule has 0 aliphatic carbocycles. The Labute approximate surface area is 136 Å². The maximum Gasteiger partial charge on any atom is 0.272 e. The first-order valence-corrected chi connectivity index (χ1v) is 7.06. The number of nitrogens with one attached hydrogen (secondary N) is 1. The molecule has 1 amide bonds. The van der Waals surface area contributed by atoms with Crippen LogP contribution in [0, 0.1) is 5.82 Å². The number of hydrogen-bond acceptors (Lipinski definition) is 6. The number of nitrogens with two attached hydrogens (primary N) is 1. The van der Waals surface area contributed by atoms with Crippen LogP contribution in [-0.2, 0) is 6.54 Å². The van der Waals surface area contributed by atoms with Crippen LogP contribution < -0.4 is 11.1 Å². The highest BCUT2D eigenvalue weighted by Gasteiger charge is 2.12. The van der Waals surface area contributed by atoms with Gasteiger partial charge >= 0.3 is 0 Å². The average molecular weight is 324 g/mol. The third-order valence-electron chi connectivity index (χ3n) is 3.14.